The molecule has 1 N–H and O–H groups in total. The first-order valence-electron chi connectivity index (χ1n) is 13.3. The summed E-state index contributed by atoms with van der Waals surface area (Å²) in [4.78, 5) is 29.8. The summed E-state index contributed by atoms with van der Waals surface area (Å²) >= 11 is 0. The van der Waals surface area contributed by atoms with E-state index in [1.54, 1.807) is 6.20 Å². The summed E-state index contributed by atoms with van der Waals surface area (Å²) in [5.41, 5.74) is 4.21. The van der Waals surface area contributed by atoms with Crippen molar-refractivity contribution in [3.8, 4) is 11.5 Å². The first-order valence-corrected chi connectivity index (χ1v) is 13.3. The zero-order valence-electron chi connectivity index (χ0n) is 21.3. The second-order valence-corrected chi connectivity index (χ2v) is 9.94. The summed E-state index contributed by atoms with van der Waals surface area (Å²) in [7, 11) is 0. The molecule has 3 aliphatic rings. The number of carbonyl (C=O) groups is 1. The van der Waals surface area contributed by atoms with Crippen molar-refractivity contribution in [2.24, 2.45) is 4.99 Å². The zero-order valence-corrected chi connectivity index (χ0v) is 21.3. The van der Waals surface area contributed by atoms with Crippen LogP contribution in [0.1, 0.15) is 41.3 Å². The SMILES string of the molecule is O=C1Cc2ccccc2C(c2ccccc2)=N[C@@H]1Nc1nnc(-c2cnc(C3CC3)nc2N2CCOCC2)o1. The van der Waals surface area contributed by atoms with Gasteiger partial charge >= 0.3 is 6.01 Å². The minimum absolute atomic E-state index is 0.0840. The Morgan fingerprint density at radius 1 is 0.923 bits per heavy atom. The first kappa shape index (κ1) is 23.7. The van der Waals surface area contributed by atoms with E-state index in [1.807, 2.05) is 54.6 Å². The monoisotopic (exact) mass is 521 g/mol. The number of morpholine rings is 1. The molecule has 2 aromatic carbocycles. The number of Topliss-reactive ketones (excluding diaryl/α,β-unsaturated/α-hetero) is 1. The lowest BCUT2D eigenvalue weighted by Gasteiger charge is -2.29. The van der Waals surface area contributed by atoms with Gasteiger partial charge in [0, 0.05) is 42.8 Å². The smallest absolute Gasteiger partial charge is 0.317 e. The van der Waals surface area contributed by atoms with Crippen molar-refractivity contribution in [1.29, 1.82) is 0 Å². The van der Waals surface area contributed by atoms with Crippen LogP contribution in [-0.4, -0.2) is 64.1 Å². The van der Waals surface area contributed by atoms with Crippen LogP contribution >= 0.6 is 0 Å². The highest BCUT2D eigenvalue weighted by Crippen LogP contribution is 2.40. The van der Waals surface area contributed by atoms with Crippen LogP contribution in [0.4, 0.5) is 11.8 Å². The molecule has 0 spiro atoms. The molecule has 196 valence electrons. The van der Waals surface area contributed by atoms with Crippen LogP contribution < -0.4 is 10.2 Å². The third-order valence-corrected chi connectivity index (χ3v) is 7.20. The van der Waals surface area contributed by atoms with Crippen LogP contribution in [0, 0.1) is 0 Å². The lowest BCUT2D eigenvalue weighted by molar-refractivity contribution is -0.119. The van der Waals surface area contributed by atoms with Crippen LogP contribution in [0.5, 0.6) is 0 Å². The number of fused-ring (bicyclic) bond motifs is 1. The van der Waals surface area contributed by atoms with Crippen molar-refractivity contribution in [3.05, 3.63) is 83.3 Å². The van der Waals surface area contributed by atoms with Crippen LogP contribution in [-0.2, 0) is 16.0 Å². The minimum Gasteiger partial charge on any atom is -0.403 e. The molecule has 2 aliphatic heterocycles. The average Bonchev–Trinajstić information content (AvgIpc) is 3.76. The molecule has 10 nitrogen and oxygen atoms in total. The molecule has 2 fully saturated rings. The predicted octanol–water partition coefficient (Wildman–Crippen LogP) is 3.64. The van der Waals surface area contributed by atoms with Crippen LogP contribution in [0.3, 0.4) is 0 Å². The standard InChI is InChI=1S/C29H27N7O3/c37-23-16-20-8-4-5-9-21(20)24(18-6-2-1-3-7-18)31-26(23)33-29-35-34-28(39-29)22-17-30-25(19-10-11-19)32-27(22)36-12-14-38-15-13-36/h1-9,17,19,26H,10-16H2,(H,33,35)/t26-/m1/s1. The van der Waals surface area contributed by atoms with Gasteiger partial charge in [0.1, 0.15) is 11.6 Å². The number of ketones is 1. The number of hydrogen-bond donors (Lipinski definition) is 1. The molecule has 0 amide bonds. The molecule has 4 heterocycles. The van der Waals surface area contributed by atoms with E-state index in [9.17, 15) is 4.79 Å². The van der Waals surface area contributed by atoms with Crippen LogP contribution in [0.25, 0.3) is 11.5 Å². The van der Waals surface area contributed by atoms with Crippen molar-refractivity contribution in [1.82, 2.24) is 20.2 Å². The number of ether oxygens (including phenoxy) is 1. The molecule has 4 aromatic rings. The van der Waals surface area contributed by atoms with E-state index in [2.05, 4.69) is 25.4 Å². The van der Waals surface area contributed by atoms with E-state index < -0.39 is 6.17 Å². The third kappa shape index (κ3) is 4.79. The molecule has 1 atom stereocenters. The molecule has 0 bridgehead atoms. The van der Waals surface area contributed by atoms with Crippen molar-refractivity contribution >= 4 is 23.3 Å². The number of aromatic nitrogens is 4. The average molecular weight is 522 g/mol. The highest BCUT2D eigenvalue weighted by molar-refractivity contribution is 6.16. The number of carbonyl (C=O) groups excluding carboxylic acids is 1. The largest absolute Gasteiger partial charge is 0.403 e. The van der Waals surface area contributed by atoms with Gasteiger partial charge < -0.3 is 19.4 Å². The maximum absolute atomic E-state index is 13.3. The summed E-state index contributed by atoms with van der Waals surface area (Å²) < 4.78 is 11.6. The van der Waals surface area contributed by atoms with Gasteiger partial charge in [-0.3, -0.25) is 9.79 Å². The Kier molecular flexibility index (Phi) is 6.08. The van der Waals surface area contributed by atoms with Gasteiger partial charge in [-0.15, -0.1) is 5.10 Å². The zero-order chi connectivity index (χ0) is 26.2. The number of anilines is 2. The Hall–Kier alpha value is -4.44. The Morgan fingerprint density at radius 3 is 2.54 bits per heavy atom. The lowest BCUT2D eigenvalue weighted by atomic mass is 9.96. The fourth-order valence-corrected chi connectivity index (χ4v) is 5.00. The van der Waals surface area contributed by atoms with E-state index >= 15 is 0 Å². The molecule has 1 saturated carbocycles. The van der Waals surface area contributed by atoms with Crippen molar-refractivity contribution in [2.75, 3.05) is 36.5 Å². The summed E-state index contributed by atoms with van der Waals surface area (Å²) in [5.74, 6) is 2.25. The second kappa shape index (κ2) is 10.0. The second-order valence-electron chi connectivity index (χ2n) is 9.94. The molecule has 0 unspecified atom stereocenters. The number of benzene rings is 2. The van der Waals surface area contributed by atoms with E-state index in [-0.39, 0.29) is 24.1 Å². The maximum atomic E-state index is 13.3. The van der Waals surface area contributed by atoms with Gasteiger partial charge in [0.2, 0.25) is 0 Å². The quantitative estimate of drug-likeness (QED) is 0.406. The van der Waals surface area contributed by atoms with Gasteiger partial charge in [-0.25, -0.2) is 9.97 Å². The lowest BCUT2D eigenvalue weighted by Crippen LogP contribution is -2.37. The number of nitrogens with zero attached hydrogens (tertiary/aromatic N) is 6. The van der Waals surface area contributed by atoms with Crippen LogP contribution in [0.15, 0.2) is 70.2 Å². The molecule has 1 saturated heterocycles. The molecule has 7 rings (SSSR count). The number of aliphatic imine (C=N–C) groups is 1. The molecular weight excluding hydrogens is 494 g/mol. The van der Waals surface area contributed by atoms with Crippen molar-refractivity contribution in [3.63, 3.8) is 0 Å². The molecule has 1 aliphatic carbocycles. The Bertz CT molecular complexity index is 1540. The molecular formula is C29H27N7O3. The molecule has 10 heteroatoms. The highest BCUT2D eigenvalue weighted by atomic mass is 16.5. The molecule has 39 heavy (non-hydrogen) atoms. The van der Waals surface area contributed by atoms with Gasteiger partial charge in [0.05, 0.1) is 24.5 Å². The fourth-order valence-electron chi connectivity index (χ4n) is 5.00. The highest BCUT2D eigenvalue weighted by Gasteiger charge is 2.31. The van der Waals surface area contributed by atoms with Gasteiger partial charge in [-0.2, -0.15) is 0 Å². The van der Waals surface area contributed by atoms with Crippen molar-refractivity contribution in [2.45, 2.75) is 31.3 Å². The van der Waals surface area contributed by atoms with Crippen molar-refractivity contribution < 1.29 is 13.9 Å². The predicted molar refractivity (Wildman–Crippen MR) is 145 cm³/mol. The van der Waals surface area contributed by atoms with Gasteiger partial charge in [-0.05, 0) is 18.4 Å². The van der Waals surface area contributed by atoms with E-state index in [0.29, 0.717) is 24.7 Å². The number of nitrogens with one attached hydrogen (secondary N) is 1. The normalized spacial score (nSPS) is 19.3. The summed E-state index contributed by atoms with van der Waals surface area (Å²) in [6, 6.07) is 17.8. The topological polar surface area (TPSA) is 119 Å². The summed E-state index contributed by atoms with van der Waals surface area (Å²) in [6.45, 7) is 2.71. The Balaban J connectivity index is 1.21. The van der Waals surface area contributed by atoms with E-state index in [4.69, 9.17) is 19.1 Å². The summed E-state index contributed by atoms with van der Waals surface area (Å²) in [5, 5.41) is 11.6. The van der Waals surface area contributed by atoms with Crippen LogP contribution in [0.2, 0.25) is 0 Å². The van der Waals surface area contributed by atoms with Gasteiger partial charge in [-0.1, -0.05) is 59.7 Å². The van der Waals surface area contributed by atoms with Gasteiger partial charge in [0.15, 0.2) is 11.9 Å². The Labute approximate surface area is 225 Å². The first-order chi connectivity index (χ1) is 19.2. The molecule has 0 radical (unpaired) electrons. The summed E-state index contributed by atoms with van der Waals surface area (Å²) in [6.07, 6.45) is 3.35. The molecule has 2 aromatic heterocycles. The minimum atomic E-state index is -0.881. The fraction of sp³-hybridized carbons (Fsp3) is 0.310. The number of hydrogen-bond acceptors (Lipinski definition) is 10. The van der Waals surface area contributed by atoms with E-state index in [0.717, 1.165) is 60.0 Å². The van der Waals surface area contributed by atoms with Gasteiger partial charge in [0.25, 0.3) is 5.89 Å². The van der Waals surface area contributed by atoms with E-state index in [1.165, 1.54) is 0 Å². The third-order valence-electron chi connectivity index (χ3n) is 7.20. The Morgan fingerprint density at radius 2 is 1.72 bits per heavy atom. The number of rotatable bonds is 6. The maximum Gasteiger partial charge on any atom is 0.317 e.